The van der Waals surface area contributed by atoms with Gasteiger partial charge in [-0.3, -0.25) is 4.79 Å². The summed E-state index contributed by atoms with van der Waals surface area (Å²) in [5, 5.41) is 3.18. The molecule has 0 unspecified atom stereocenters. The summed E-state index contributed by atoms with van der Waals surface area (Å²) in [5.41, 5.74) is 2.67. The molecule has 2 heterocycles. The van der Waals surface area contributed by atoms with Gasteiger partial charge in [-0.2, -0.15) is 0 Å². The highest BCUT2D eigenvalue weighted by atomic mass is 32.1. The average molecular weight is 342 g/mol. The fraction of sp³-hybridized carbons (Fsp3) is 0.278. The van der Waals surface area contributed by atoms with Crippen LogP contribution in [0.4, 0.5) is 0 Å². The number of fused-ring (bicyclic) bond motifs is 1. The van der Waals surface area contributed by atoms with Gasteiger partial charge < -0.3 is 9.72 Å². The standard InChI is InChI=1S/C18H18N2O3S/c1-4-23-18(22)11-5-6-12-13(8-19-14(12)7-11)16(21)17-20-15(9-24-17)10(2)3/h5-10,19H,4H2,1-3H3. The van der Waals surface area contributed by atoms with Crippen molar-refractivity contribution in [3.8, 4) is 0 Å². The Hall–Kier alpha value is -2.47. The first-order valence-corrected chi connectivity index (χ1v) is 8.67. The molecule has 2 aromatic heterocycles. The van der Waals surface area contributed by atoms with Crippen LogP contribution in [-0.2, 0) is 4.74 Å². The summed E-state index contributed by atoms with van der Waals surface area (Å²) in [6.07, 6.45) is 1.67. The number of carbonyl (C=O) groups excluding carboxylic acids is 2. The molecule has 3 aromatic rings. The molecule has 0 radical (unpaired) electrons. The van der Waals surface area contributed by atoms with Gasteiger partial charge in [-0.15, -0.1) is 11.3 Å². The van der Waals surface area contributed by atoms with Crippen molar-refractivity contribution >= 4 is 34.0 Å². The van der Waals surface area contributed by atoms with Crippen LogP contribution < -0.4 is 0 Å². The largest absolute Gasteiger partial charge is 0.462 e. The molecule has 0 atom stereocenters. The van der Waals surface area contributed by atoms with Gasteiger partial charge in [0.05, 0.1) is 23.4 Å². The Morgan fingerprint density at radius 1 is 1.33 bits per heavy atom. The number of carbonyl (C=O) groups is 2. The van der Waals surface area contributed by atoms with Crippen molar-refractivity contribution < 1.29 is 14.3 Å². The molecule has 0 bridgehead atoms. The molecule has 0 amide bonds. The Kier molecular flexibility index (Phi) is 4.49. The number of hydrogen-bond acceptors (Lipinski definition) is 5. The van der Waals surface area contributed by atoms with Crippen molar-refractivity contribution in [3.63, 3.8) is 0 Å². The van der Waals surface area contributed by atoms with Crippen LogP contribution in [0, 0.1) is 0 Å². The third kappa shape index (κ3) is 2.97. The average Bonchev–Trinajstić information content (AvgIpc) is 3.21. The Morgan fingerprint density at radius 2 is 2.12 bits per heavy atom. The molecule has 0 aliphatic carbocycles. The SMILES string of the molecule is CCOC(=O)c1ccc2c(C(=O)c3nc(C(C)C)cs3)c[nH]c2c1. The first-order valence-electron chi connectivity index (χ1n) is 7.79. The third-order valence-electron chi connectivity index (χ3n) is 3.75. The summed E-state index contributed by atoms with van der Waals surface area (Å²) in [6, 6.07) is 5.14. The summed E-state index contributed by atoms with van der Waals surface area (Å²) in [6.45, 7) is 6.19. The van der Waals surface area contributed by atoms with Crippen LogP contribution in [0.25, 0.3) is 10.9 Å². The zero-order valence-electron chi connectivity index (χ0n) is 13.8. The fourth-order valence-electron chi connectivity index (χ4n) is 2.43. The molecule has 3 rings (SSSR count). The molecule has 124 valence electrons. The van der Waals surface area contributed by atoms with E-state index in [1.807, 2.05) is 19.2 Å². The fourth-order valence-corrected chi connectivity index (χ4v) is 3.36. The lowest BCUT2D eigenvalue weighted by molar-refractivity contribution is 0.0526. The van der Waals surface area contributed by atoms with Gasteiger partial charge in [-0.1, -0.05) is 19.9 Å². The highest BCUT2D eigenvalue weighted by Crippen LogP contribution is 2.25. The summed E-state index contributed by atoms with van der Waals surface area (Å²) < 4.78 is 5.00. The number of rotatable bonds is 5. The predicted octanol–water partition coefficient (Wildman–Crippen LogP) is 4.16. The molecule has 0 aliphatic rings. The van der Waals surface area contributed by atoms with Gasteiger partial charge in [0.1, 0.15) is 0 Å². The van der Waals surface area contributed by atoms with Gasteiger partial charge in [0, 0.05) is 22.5 Å². The lowest BCUT2D eigenvalue weighted by Crippen LogP contribution is -2.04. The van der Waals surface area contributed by atoms with Gasteiger partial charge in [0.25, 0.3) is 0 Å². The topological polar surface area (TPSA) is 72.1 Å². The van der Waals surface area contributed by atoms with Crippen molar-refractivity contribution in [1.29, 1.82) is 0 Å². The monoisotopic (exact) mass is 342 g/mol. The minimum atomic E-state index is -0.372. The van der Waals surface area contributed by atoms with Gasteiger partial charge in [-0.25, -0.2) is 9.78 Å². The third-order valence-corrected chi connectivity index (χ3v) is 4.60. The second-order valence-corrected chi connectivity index (χ2v) is 6.60. The Labute approximate surface area is 143 Å². The number of nitrogens with one attached hydrogen (secondary N) is 1. The highest BCUT2D eigenvalue weighted by Gasteiger charge is 2.19. The maximum absolute atomic E-state index is 12.7. The van der Waals surface area contributed by atoms with E-state index < -0.39 is 0 Å². The summed E-state index contributed by atoms with van der Waals surface area (Å²) in [5.74, 6) is -0.191. The Bertz CT molecular complexity index is 908. The molecule has 0 spiro atoms. The lowest BCUT2D eigenvalue weighted by Gasteiger charge is -2.02. The van der Waals surface area contributed by atoms with Crippen LogP contribution in [-0.4, -0.2) is 28.3 Å². The number of aromatic nitrogens is 2. The number of ketones is 1. The van der Waals surface area contributed by atoms with Crippen LogP contribution in [0.2, 0.25) is 0 Å². The minimum Gasteiger partial charge on any atom is -0.462 e. The van der Waals surface area contributed by atoms with Crippen molar-refractivity contribution in [3.05, 3.63) is 51.6 Å². The van der Waals surface area contributed by atoms with Gasteiger partial charge >= 0.3 is 5.97 Å². The second kappa shape index (κ2) is 6.57. The molecule has 0 saturated carbocycles. The van der Waals surface area contributed by atoms with E-state index in [0.717, 1.165) is 16.6 Å². The molecule has 1 aromatic carbocycles. The van der Waals surface area contributed by atoms with E-state index in [-0.39, 0.29) is 17.7 Å². The normalized spacial score (nSPS) is 11.2. The van der Waals surface area contributed by atoms with E-state index in [4.69, 9.17) is 4.74 Å². The number of benzene rings is 1. The maximum Gasteiger partial charge on any atom is 0.338 e. The molecule has 6 heteroatoms. The second-order valence-electron chi connectivity index (χ2n) is 5.74. The Balaban J connectivity index is 1.95. The summed E-state index contributed by atoms with van der Waals surface area (Å²) in [7, 11) is 0. The molecular weight excluding hydrogens is 324 g/mol. The van der Waals surface area contributed by atoms with E-state index in [2.05, 4.69) is 9.97 Å². The number of nitrogens with zero attached hydrogens (tertiary/aromatic N) is 1. The van der Waals surface area contributed by atoms with Gasteiger partial charge in [-0.05, 0) is 25.0 Å². The number of ether oxygens (including phenoxy) is 1. The summed E-state index contributed by atoms with van der Waals surface area (Å²) >= 11 is 1.36. The number of hydrogen-bond donors (Lipinski definition) is 1. The molecule has 5 nitrogen and oxygen atoms in total. The van der Waals surface area contributed by atoms with Gasteiger partial charge in [0.2, 0.25) is 5.78 Å². The van der Waals surface area contributed by atoms with Crippen LogP contribution in [0.5, 0.6) is 0 Å². The molecule has 0 fully saturated rings. The molecule has 0 saturated heterocycles. The number of H-pyrrole nitrogens is 1. The van der Waals surface area contributed by atoms with E-state index in [9.17, 15) is 9.59 Å². The number of aromatic amines is 1. The number of esters is 1. The van der Waals surface area contributed by atoms with Crippen molar-refractivity contribution in [2.75, 3.05) is 6.61 Å². The predicted molar refractivity (Wildman–Crippen MR) is 93.9 cm³/mol. The quantitative estimate of drug-likeness (QED) is 0.558. The first kappa shape index (κ1) is 16.4. The summed E-state index contributed by atoms with van der Waals surface area (Å²) in [4.78, 5) is 32.0. The van der Waals surface area contributed by atoms with Crippen LogP contribution in [0.15, 0.2) is 29.8 Å². The van der Waals surface area contributed by atoms with Crippen molar-refractivity contribution in [2.24, 2.45) is 0 Å². The van der Waals surface area contributed by atoms with Crippen molar-refractivity contribution in [1.82, 2.24) is 9.97 Å². The maximum atomic E-state index is 12.7. The molecule has 1 N–H and O–H groups in total. The zero-order valence-corrected chi connectivity index (χ0v) is 14.6. The molecule has 0 aliphatic heterocycles. The zero-order chi connectivity index (χ0) is 17.3. The lowest BCUT2D eigenvalue weighted by atomic mass is 10.1. The number of thiazole rings is 1. The Morgan fingerprint density at radius 3 is 2.79 bits per heavy atom. The van der Waals surface area contributed by atoms with E-state index >= 15 is 0 Å². The van der Waals surface area contributed by atoms with Crippen LogP contribution >= 0.6 is 11.3 Å². The highest BCUT2D eigenvalue weighted by molar-refractivity contribution is 7.12. The molecular formula is C18H18N2O3S. The van der Waals surface area contributed by atoms with E-state index in [1.54, 1.807) is 31.3 Å². The molecule has 24 heavy (non-hydrogen) atoms. The van der Waals surface area contributed by atoms with E-state index in [0.29, 0.717) is 22.7 Å². The smallest absolute Gasteiger partial charge is 0.338 e. The van der Waals surface area contributed by atoms with Crippen molar-refractivity contribution in [2.45, 2.75) is 26.7 Å². The minimum absolute atomic E-state index is 0.109. The van der Waals surface area contributed by atoms with Crippen LogP contribution in [0.1, 0.15) is 58.1 Å². The van der Waals surface area contributed by atoms with E-state index in [1.165, 1.54) is 11.3 Å². The van der Waals surface area contributed by atoms with Gasteiger partial charge in [0.15, 0.2) is 5.01 Å². The van der Waals surface area contributed by atoms with Crippen LogP contribution in [0.3, 0.4) is 0 Å². The first-order chi connectivity index (χ1) is 11.5.